The third-order valence-electron chi connectivity index (χ3n) is 3.67. The number of nitrogens with two attached hydrogens (primary N) is 1. The van der Waals surface area contributed by atoms with Crippen molar-refractivity contribution in [1.29, 1.82) is 0 Å². The Hall–Kier alpha value is -3.69. The number of hydrogen-bond acceptors (Lipinski definition) is 4. The minimum Gasteiger partial charge on any atom is -0.365 e. The molecule has 0 aliphatic carbocycles. The molecule has 0 bridgehead atoms. The quantitative estimate of drug-likeness (QED) is 0.651. The third kappa shape index (κ3) is 3.94. The largest absolute Gasteiger partial charge is 0.416 e. The van der Waals surface area contributed by atoms with E-state index in [4.69, 9.17) is 5.73 Å². The summed E-state index contributed by atoms with van der Waals surface area (Å²) in [6.07, 6.45) is -2.28. The number of carbonyl (C=O) groups is 2. The average molecular weight is 375 g/mol. The molecule has 4 N–H and O–H groups in total. The van der Waals surface area contributed by atoms with Crippen LogP contribution < -0.4 is 11.1 Å². The summed E-state index contributed by atoms with van der Waals surface area (Å²) < 4.78 is 38.1. The van der Waals surface area contributed by atoms with Gasteiger partial charge < -0.3 is 11.1 Å². The fraction of sp³-hybridized carbons (Fsp3) is 0.0588. The molecule has 2 amide bonds. The van der Waals surface area contributed by atoms with Crippen LogP contribution in [0.4, 0.5) is 19.0 Å². The van der Waals surface area contributed by atoms with Crippen molar-refractivity contribution in [2.24, 2.45) is 5.73 Å². The Morgan fingerprint density at radius 1 is 1.11 bits per heavy atom. The van der Waals surface area contributed by atoms with Gasteiger partial charge in [-0.05, 0) is 24.3 Å². The predicted octanol–water partition coefficient (Wildman–Crippen LogP) is 2.84. The van der Waals surface area contributed by atoms with Gasteiger partial charge in [-0.3, -0.25) is 14.7 Å². The van der Waals surface area contributed by atoms with Crippen LogP contribution in [0.15, 0.2) is 48.8 Å². The fourth-order valence-corrected chi connectivity index (χ4v) is 2.35. The lowest BCUT2D eigenvalue weighted by molar-refractivity contribution is -0.137. The van der Waals surface area contributed by atoms with Gasteiger partial charge in [0.05, 0.1) is 23.0 Å². The van der Waals surface area contributed by atoms with Gasteiger partial charge in [0.1, 0.15) is 5.82 Å². The molecule has 0 saturated heterocycles. The number of carbonyl (C=O) groups excluding carboxylic acids is 2. The van der Waals surface area contributed by atoms with Gasteiger partial charge in [0, 0.05) is 17.3 Å². The summed E-state index contributed by atoms with van der Waals surface area (Å²) in [5, 5.41) is 8.71. The molecule has 2 heterocycles. The number of nitrogens with zero attached hydrogens (tertiary/aromatic N) is 2. The smallest absolute Gasteiger partial charge is 0.365 e. The Morgan fingerprint density at radius 3 is 2.44 bits per heavy atom. The number of amides is 2. The molecule has 0 fully saturated rings. The minimum atomic E-state index is -4.54. The highest BCUT2D eigenvalue weighted by molar-refractivity contribution is 6.04. The Kier molecular flexibility index (Phi) is 4.63. The van der Waals surface area contributed by atoms with E-state index in [0.29, 0.717) is 11.3 Å². The van der Waals surface area contributed by atoms with Gasteiger partial charge in [0.15, 0.2) is 0 Å². The average Bonchev–Trinajstić information content (AvgIpc) is 3.11. The Morgan fingerprint density at radius 2 is 1.81 bits per heavy atom. The summed E-state index contributed by atoms with van der Waals surface area (Å²) in [5.41, 5.74) is 5.69. The van der Waals surface area contributed by atoms with E-state index in [1.54, 1.807) is 12.1 Å². The van der Waals surface area contributed by atoms with Gasteiger partial charge in [-0.2, -0.15) is 18.3 Å². The summed E-state index contributed by atoms with van der Waals surface area (Å²) in [4.78, 5) is 27.3. The van der Waals surface area contributed by atoms with Gasteiger partial charge in [0.2, 0.25) is 0 Å². The maximum atomic E-state index is 12.7. The summed E-state index contributed by atoms with van der Waals surface area (Å²) in [5.74, 6) is -1.51. The molecule has 0 atom stereocenters. The monoisotopic (exact) mass is 375 g/mol. The van der Waals surface area contributed by atoms with Crippen LogP contribution in [0.25, 0.3) is 11.3 Å². The van der Waals surface area contributed by atoms with Crippen molar-refractivity contribution in [3.05, 3.63) is 65.5 Å². The Balaban J connectivity index is 1.79. The van der Waals surface area contributed by atoms with Crippen molar-refractivity contribution in [3.63, 3.8) is 0 Å². The molecular weight excluding hydrogens is 363 g/mol. The number of halogens is 3. The maximum Gasteiger partial charge on any atom is 0.416 e. The van der Waals surface area contributed by atoms with E-state index in [1.807, 2.05) is 0 Å². The van der Waals surface area contributed by atoms with Crippen molar-refractivity contribution in [2.45, 2.75) is 6.18 Å². The van der Waals surface area contributed by atoms with E-state index >= 15 is 0 Å². The lowest BCUT2D eigenvalue weighted by Gasteiger charge is -2.09. The van der Waals surface area contributed by atoms with E-state index in [9.17, 15) is 22.8 Å². The first-order valence-corrected chi connectivity index (χ1v) is 7.54. The number of benzene rings is 1. The second kappa shape index (κ2) is 6.90. The number of H-pyrrole nitrogens is 1. The van der Waals surface area contributed by atoms with E-state index in [0.717, 1.165) is 18.3 Å². The van der Waals surface area contributed by atoms with Crippen LogP contribution in [0.1, 0.15) is 26.3 Å². The Bertz CT molecular complexity index is 996. The number of rotatable bonds is 4. The van der Waals surface area contributed by atoms with Crippen LogP contribution in [0.3, 0.4) is 0 Å². The van der Waals surface area contributed by atoms with Crippen LogP contribution in [0.2, 0.25) is 0 Å². The van der Waals surface area contributed by atoms with Crippen molar-refractivity contribution in [3.8, 4) is 11.3 Å². The lowest BCUT2D eigenvalue weighted by atomic mass is 10.1. The molecule has 27 heavy (non-hydrogen) atoms. The second-order valence-corrected chi connectivity index (χ2v) is 5.48. The van der Waals surface area contributed by atoms with Gasteiger partial charge in [0.25, 0.3) is 11.8 Å². The minimum absolute atomic E-state index is 0.193. The molecule has 0 aliphatic heterocycles. The first kappa shape index (κ1) is 18.1. The third-order valence-corrected chi connectivity index (χ3v) is 3.67. The highest BCUT2D eigenvalue weighted by Gasteiger charge is 2.30. The number of anilines is 1. The van der Waals surface area contributed by atoms with Gasteiger partial charge in [-0.1, -0.05) is 12.1 Å². The van der Waals surface area contributed by atoms with Crippen LogP contribution in [-0.2, 0) is 6.18 Å². The standard InChI is InChI=1S/C17H12F3N5O2/c18-17(19,20)11-5-6-22-13(7-11)24-16(27)10-3-1-9(2-4-10)14-12(15(21)26)8-23-25-14/h1-8H,(H2,21,26)(H,23,25)(H,22,24,27). The van der Waals surface area contributed by atoms with Gasteiger partial charge in [-0.15, -0.1) is 0 Å². The molecule has 10 heteroatoms. The van der Waals surface area contributed by atoms with E-state index in [2.05, 4.69) is 20.5 Å². The molecule has 2 aromatic heterocycles. The molecule has 1 aromatic carbocycles. The topological polar surface area (TPSA) is 114 Å². The Labute approximate surface area is 150 Å². The molecule has 7 nitrogen and oxygen atoms in total. The van der Waals surface area contributed by atoms with Crippen molar-refractivity contribution < 1.29 is 22.8 Å². The number of aromatic amines is 1. The SMILES string of the molecule is NC(=O)c1cn[nH]c1-c1ccc(C(=O)Nc2cc(C(F)(F)F)ccn2)cc1. The first-order valence-electron chi connectivity index (χ1n) is 7.54. The van der Waals surface area contributed by atoms with E-state index < -0.39 is 23.6 Å². The number of alkyl halides is 3. The molecule has 0 aliphatic rings. The van der Waals surface area contributed by atoms with Crippen molar-refractivity contribution in [1.82, 2.24) is 15.2 Å². The number of aromatic nitrogens is 3. The van der Waals surface area contributed by atoms with Gasteiger partial charge >= 0.3 is 6.18 Å². The molecule has 0 radical (unpaired) electrons. The molecule has 3 rings (SSSR count). The number of pyridine rings is 1. The molecule has 0 unspecified atom stereocenters. The molecule has 3 aromatic rings. The molecule has 138 valence electrons. The van der Waals surface area contributed by atoms with Crippen LogP contribution in [-0.4, -0.2) is 27.0 Å². The van der Waals surface area contributed by atoms with Crippen LogP contribution in [0, 0.1) is 0 Å². The van der Waals surface area contributed by atoms with E-state index in [1.165, 1.54) is 18.3 Å². The molecule has 0 saturated carbocycles. The van der Waals surface area contributed by atoms with Crippen molar-refractivity contribution >= 4 is 17.6 Å². The molecule has 0 spiro atoms. The lowest BCUT2D eigenvalue weighted by Crippen LogP contribution is -2.14. The highest BCUT2D eigenvalue weighted by Crippen LogP contribution is 2.30. The fourth-order valence-electron chi connectivity index (χ4n) is 2.35. The van der Waals surface area contributed by atoms with E-state index in [-0.39, 0.29) is 16.9 Å². The highest BCUT2D eigenvalue weighted by atomic mass is 19.4. The normalized spacial score (nSPS) is 11.2. The summed E-state index contributed by atoms with van der Waals surface area (Å²) in [6, 6.07) is 7.55. The summed E-state index contributed by atoms with van der Waals surface area (Å²) >= 11 is 0. The first-order chi connectivity index (χ1) is 12.8. The zero-order chi connectivity index (χ0) is 19.6. The summed E-state index contributed by atoms with van der Waals surface area (Å²) in [7, 11) is 0. The predicted molar refractivity (Wildman–Crippen MR) is 89.7 cm³/mol. The zero-order valence-corrected chi connectivity index (χ0v) is 13.5. The van der Waals surface area contributed by atoms with Gasteiger partial charge in [-0.25, -0.2) is 4.98 Å². The number of primary amides is 1. The number of hydrogen-bond donors (Lipinski definition) is 3. The second-order valence-electron chi connectivity index (χ2n) is 5.48. The zero-order valence-electron chi connectivity index (χ0n) is 13.5. The van der Waals surface area contributed by atoms with Crippen molar-refractivity contribution in [2.75, 3.05) is 5.32 Å². The summed E-state index contributed by atoms with van der Waals surface area (Å²) in [6.45, 7) is 0. The number of nitrogens with one attached hydrogen (secondary N) is 2. The van der Waals surface area contributed by atoms with Crippen LogP contribution >= 0.6 is 0 Å². The van der Waals surface area contributed by atoms with Crippen LogP contribution in [0.5, 0.6) is 0 Å². The molecular formula is C17H12F3N5O2. The maximum absolute atomic E-state index is 12.7.